The van der Waals surface area contributed by atoms with Crippen LogP contribution in [0.1, 0.15) is 5.56 Å². The summed E-state index contributed by atoms with van der Waals surface area (Å²) in [4.78, 5) is 1.35. The number of rotatable bonds is 0. The van der Waals surface area contributed by atoms with Gasteiger partial charge in [-0.3, -0.25) is 0 Å². The van der Waals surface area contributed by atoms with Crippen LogP contribution in [0.3, 0.4) is 0 Å². The summed E-state index contributed by atoms with van der Waals surface area (Å²) < 4.78 is -0.469. The lowest BCUT2D eigenvalue weighted by molar-refractivity contribution is 0.798. The van der Waals surface area contributed by atoms with E-state index in [-0.39, 0.29) is 0 Å². The van der Waals surface area contributed by atoms with Crippen LogP contribution < -0.4 is 0 Å². The Morgan fingerprint density at radius 1 is 1.31 bits per heavy atom. The van der Waals surface area contributed by atoms with Gasteiger partial charge in [-0.1, -0.05) is 18.2 Å². The Morgan fingerprint density at radius 3 is 2.92 bits per heavy atom. The minimum absolute atomic E-state index is 0.422. The molecule has 3 heteroatoms. The molecule has 1 fully saturated rings. The maximum absolute atomic E-state index is 6.15. The van der Waals surface area contributed by atoms with E-state index in [9.17, 15) is 0 Å². The van der Waals surface area contributed by atoms with Gasteiger partial charge < -0.3 is 0 Å². The van der Waals surface area contributed by atoms with Crippen molar-refractivity contribution in [2.24, 2.45) is 5.92 Å². The Bertz CT molecular complexity index is 329. The summed E-state index contributed by atoms with van der Waals surface area (Å²) in [6, 6.07) is 8.46. The zero-order valence-corrected chi connectivity index (χ0v) is 9.16. The van der Waals surface area contributed by atoms with Crippen LogP contribution in [0.4, 0.5) is 0 Å². The quantitative estimate of drug-likeness (QED) is 0.616. The fourth-order valence-corrected chi connectivity index (χ4v) is 4.39. The summed E-state index contributed by atoms with van der Waals surface area (Å²) >= 11 is 14.1. The van der Waals surface area contributed by atoms with Crippen molar-refractivity contribution >= 4 is 35.0 Å². The first-order chi connectivity index (χ1) is 6.19. The molecule has 0 bridgehead atoms. The molecule has 2 atom stereocenters. The average molecular weight is 231 g/mol. The Hall–Kier alpha value is 0.150. The molecule has 3 rings (SSSR count). The SMILES string of the molecule is ClC1(Cl)C2Cc3ccccc3SC21. The maximum atomic E-state index is 6.15. The third-order valence-electron chi connectivity index (χ3n) is 2.80. The van der Waals surface area contributed by atoms with Crippen molar-refractivity contribution in [3.05, 3.63) is 29.8 Å². The highest BCUT2D eigenvalue weighted by atomic mass is 35.5. The van der Waals surface area contributed by atoms with Gasteiger partial charge in [0.15, 0.2) is 0 Å². The third-order valence-corrected chi connectivity index (χ3v) is 5.69. The molecule has 1 saturated carbocycles. The summed E-state index contributed by atoms with van der Waals surface area (Å²) in [5, 5.41) is 0.422. The van der Waals surface area contributed by atoms with Crippen LogP contribution in [0.25, 0.3) is 0 Å². The van der Waals surface area contributed by atoms with Crippen LogP contribution in [0.5, 0.6) is 0 Å². The molecule has 0 saturated heterocycles. The Balaban J connectivity index is 1.99. The molecule has 1 heterocycles. The molecule has 1 aromatic carbocycles. The van der Waals surface area contributed by atoms with Crippen molar-refractivity contribution in [1.82, 2.24) is 0 Å². The van der Waals surface area contributed by atoms with E-state index in [2.05, 4.69) is 24.3 Å². The molecule has 1 aliphatic carbocycles. The Kier molecular flexibility index (Phi) is 1.69. The molecule has 0 spiro atoms. The molecular formula is C10H8Cl2S. The fourth-order valence-electron chi connectivity index (χ4n) is 1.92. The summed E-state index contributed by atoms with van der Waals surface area (Å²) in [6.45, 7) is 0. The van der Waals surface area contributed by atoms with Crippen LogP contribution in [0.15, 0.2) is 29.2 Å². The number of benzene rings is 1. The van der Waals surface area contributed by atoms with E-state index in [0.29, 0.717) is 11.2 Å². The van der Waals surface area contributed by atoms with E-state index in [1.54, 1.807) is 0 Å². The van der Waals surface area contributed by atoms with Gasteiger partial charge in [-0.05, 0) is 18.1 Å². The highest BCUT2D eigenvalue weighted by Crippen LogP contribution is 2.65. The van der Waals surface area contributed by atoms with E-state index in [1.165, 1.54) is 10.5 Å². The average Bonchev–Trinajstić information content (AvgIpc) is 2.66. The zero-order chi connectivity index (χ0) is 9.05. The number of fused-ring (bicyclic) bond motifs is 2. The maximum Gasteiger partial charge on any atom is 0.135 e. The molecule has 1 aliphatic heterocycles. The Morgan fingerprint density at radius 2 is 2.08 bits per heavy atom. The largest absolute Gasteiger partial charge is 0.135 e. The van der Waals surface area contributed by atoms with Crippen LogP contribution >= 0.6 is 35.0 Å². The molecule has 68 valence electrons. The number of hydrogen-bond donors (Lipinski definition) is 0. The third kappa shape index (κ3) is 1.14. The van der Waals surface area contributed by atoms with Crippen molar-refractivity contribution in [3.63, 3.8) is 0 Å². The smallest absolute Gasteiger partial charge is 0.119 e. The summed E-state index contributed by atoms with van der Waals surface area (Å²) in [5.74, 6) is 0.468. The molecule has 13 heavy (non-hydrogen) atoms. The second-order valence-electron chi connectivity index (χ2n) is 3.63. The molecule has 2 aliphatic rings. The number of halogens is 2. The lowest BCUT2D eigenvalue weighted by atomic mass is 10.1. The van der Waals surface area contributed by atoms with E-state index >= 15 is 0 Å². The van der Waals surface area contributed by atoms with E-state index < -0.39 is 4.33 Å². The molecule has 0 radical (unpaired) electrons. The normalized spacial score (nSPS) is 33.4. The predicted octanol–water partition coefficient (Wildman–Crippen LogP) is 3.51. The Labute approximate surface area is 91.6 Å². The van der Waals surface area contributed by atoms with E-state index in [4.69, 9.17) is 23.2 Å². The second kappa shape index (κ2) is 2.59. The lowest BCUT2D eigenvalue weighted by Gasteiger charge is -2.12. The van der Waals surface area contributed by atoms with Gasteiger partial charge in [-0.25, -0.2) is 0 Å². The van der Waals surface area contributed by atoms with Crippen LogP contribution in [-0.2, 0) is 6.42 Å². The highest BCUT2D eigenvalue weighted by molar-refractivity contribution is 8.00. The van der Waals surface area contributed by atoms with Gasteiger partial charge in [0, 0.05) is 16.1 Å². The van der Waals surface area contributed by atoms with Crippen LogP contribution in [0.2, 0.25) is 0 Å². The molecular weight excluding hydrogens is 223 g/mol. The van der Waals surface area contributed by atoms with Gasteiger partial charge in [0.1, 0.15) is 4.33 Å². The van der Waals surface area contributed by atoms with Crippen molar-refractivity contribution in [3.8, 4) is 0 Å². The molecule has 0 amide bonds. The van der Waals surface area contributed by atoms with Gasteiger partial charge in [0.25, 0.3) is 0 Å². The zero-order valence-electron chi connectivity index (χ0n) is 6.84. The molecule has 0 N–H and O–H groups in total. The minimum Gasteiger partial charge on any atom is -0.119 e. The lowest BCUT2D eigenvalue weighted by Crippen LogP contribution is -1.99. The molecule has 1 aromatic rings. The topological polar surface area (TPSA) is 0 Å². The standard InChI is InChI=1S/C10H8Cl2S/c11-10(12)7-5-6-3-1-2-4-8(6)13-9(7)10/h1-4,7,9H,5H2. The van der Waals surface area contributed by atoms with Gasteiger partial charge >= 0.3 is 0 Å². The van der Waals surface area contributed by atoms with Gasteiger partial charge in [0.05, 0.1) is 0 Å². The van der Waals surface area contributed by atoms with Crippen LogP contribution in [-0.4, -0.2) is 9.58 Å². The molecule has 2 unspecified atom stereocenters. The summed E-state index contributed by atoms with van der Waals surface area (Å²) in [7, 11) is 0. The second-order valence-corrected chi connectivity index (χ2v) is 6.26. The highest BCUT2D eigenvalue weighted by Gasteiger charge is 2.65. The molecule has 0 aromatic heterocycles. The van der Waals surface area contributed by atoms with Crippen molar-refractivity contribution in [1.29, 1.82) is 0 Å². The summed E-state index contributed by atoms with van der Waals surface area (Å²) in [6.07, 6.45) is 1.04. The monoisotopic (exact) mass is 230 g/mol. The van der Waals surface area contributed by atoms with Crippen molar-refractivity contribution < 1.29 is 0 Å². The number of hydrogen-bond acceptors (Lipinski definition) is 1. The van der Waals surface area contributed by atoms with Gasteiger partial charge in [-0.2, -0.15) is 0 Å². The van der Waals surface area contributed by atoms with E-state index in [1.807, 2.05) is 11.8 Å². The van der Waals surface area contributed by atoms with E-state index in [0.717, 1.165) is 6.42 Å². The fraction of sp³-hybridized carbons (Fsp3) is 0.400. The number of thioether (sulfide) groups is 1. The first-order valence-electron chi connectivity index (χ1n) is 4.32. The van der Waals surface area contributed by atoms with Crippen molar-refractivity contribution in [2.75, 3.05) is 0 Å². The molecule has 0 nitrogen and oxygen atoms in total. The minimum atomic E-state index is -0.469. The first-order valence-corrected chi connectivity index (χ1v) is 5.95. The van der Waals surface area contributed by atoms with Gasteiger partial charge in [-0.15, -0.1) is 35.0 Å². The predicted molar refractivity (Wildman–Crippen MR) is 57.7 cm³/mol. The van der Waals surface area contributed by atoms with Gasteiger partial charge in [0.2, 0.25) is 0 Å². The first kappa shape index (κ1) is 8.46. The van der Waals surface area contributed by atoms with Crippen LogP contribution in [0, 0.1) is 5.92 Å². The number of alkyl halides is 2. The van der Waals surface area contributed by atoms with Crippen molar-refractivity contribution in [2.45, 2.75) is 20.9 Å². The summed E-state index contributed by atoms with van der Waals surface area (Å²) in [5.41, 5.74) is 1.40.